The zero-order chi connectivity index (χ0) is 25.5. The van der Waals surface area contributed by atoms with Crippen molar-refractivity contribution in [3.05, 3.63) is 71.2 Å². The zero-order valence-electron chi connectivity index (χ0n) is 20.4. The van der Waals surface area contributed by atoms with Crippen LogP contribution in [0.1, 0.15) is 40.9 Å². The minimum absolute atomic E-state index is 0.0381. The smallest absolute Gasteiger partial charge is 0.331 e. The van der Waals surface area contributed by atoms with Crippen LogP contribution in [0.15, 0.2) is 60.8 Å². The van der Waals surface area contributed by atoms with Crippen molar-refractivity contribution in [1.29, 1.82) is 0 Å². The average Bonchev–Trinajstić information content (AvgIpc) is 3.25. The SMILES string of the molecule is Cc1cc(Oc2ccccc2)ccc1N1C(=O)Nc2c(C(=O)NC3CCC[C@H](N)C3)sc3nccc1c23. The van der Waals surface area contributed by atoms with Gasteiger partial charge in [-0.2, -0.15) is 0 Å². The summed E-state index contributed by atoms with van der Waals surface area (Å²) in [5.41, 5.74) is 8.92. The molecular formula is C28H27N5O3S. The number of ether oxygens (including phenoxy) is 1. The number of aromatic nitrogens is 1. The lowest BCUT2D eigenvalue weighted by Crippen LogP contribution is -2.42. The first kappa shape index (κ1) is 23.4. The summed E-state index contributed by atoms with van der Waals surface area (Å²) in [6.07, 6.45) is 5.33. The molecule has 2 aromatic carbocycles. The van der Waals surface area contributed by atoms with E-state index in [9.17, 15) is 9.59 Å². The number of nitrogens with zero attached hydrogens (tertiary/aromatic N) is 2. The maximum Gasteiger partial charge on any atom is 0.331 e. The molecule has 0 spiro atoms. The topological polar surface area (TPSA) is 110 Å². The van der Waals surface area contributed by atoms with E-state index in [2.05, 4.69) is 15.6 Å². The van der Waals surface area contributed by atoms with Crippen molar-refractivity contribution in [2.75, 3.05) is 10.2 Å². The third kappa shape index (κ3) is 4.41. The predicted octanol–water partition coefficient (Wildman–Crippen LogP) is 6.08. The number of thiophene rings is 1. The zero-order valence-corrected chi connectivity index (χ0v) is 21.2. The van der Waals surface area contributed by atoms with Gasteiger partial charge in [0.15, 0.2) is 0 Å². The molecule has 1 aliphatic carbocycles. The van der Waals surface area contributed by atoms with Crippen LogP contribution in [0.4, 0.5) is 21.9 Å². The quantitative estimate of drug-likeness (QED) is 0.300. The molecule has 2 atom stereocenters. The summed E-state index contributed by atoms with van der Waals surface area (Å²) in [6.45, 7) is 1.94. The second kappa shape index (κ2) is 9.49. The number of aryl methyl sites for hydroxylation is 1. The summed E-state index contributed by atoms with van der Waals surface area (Å²) in [5, 5.41) is 6.86. The Morgan fingerprint density at radius 3 is 2.76 bits per heavy atom. The molecule has 9 heteroatoms. The standard InChI is InChI=1S/C28H27N5O3S/c1-16-14-20(36-19-8-3-2-4-9-19)10-11-21(16)33-22-12-13-30-27-23(22)24(32-28(33)35)25(37-27)26(34)31-18-7-5-6-17(29)15-18/h2-4,8-14,17-18H,5-7,15,29H2,1H3,(H,31,34)(H,32,35)/t17-,18?/m0/s1. The maximum absolute atomic E-state index is 13.5. The van der Waals surface area contributed by atoms with Gasteiger partial charge in [-0.05, 0) is 74.6 Å². The molecule has 3 amide bonds. The number of nitrogens with two attached hydrogens (primary N) is 1. The Hall–Kier alpha value is -3.95. The molecule has 6 rings (SSSR count). The van der Waals surface area contributed by atoms with Gasteiger partial charge in [-0.3, -0.25) is 9.69 Å². The Morgan fingerprint density at radius 2 is 1.97 bits per heavy atom. The molecular weight excluding hydrogens is 486 g/mol. The normalized spacial score (nSPS) is 19.0. The van der Waals surface area contributed by atoms with Gasteiger partial charge in [0.05, 0.1) is 22.4 Å². The van der Waals surface area contributed by atoms with E-state index in [0.29, 0.717) is 26.8 Å². The molecule has 0 saturated heterocycles. The van der Waals surface area contributed by atoms with E-state index in [4.69, 9.17) is 10.5 Å². The summed E-state index contributed by atoms with van der Waals surface area (Å²) in [7, 11) is 0. The van der Waals surface area contributed by atoms with Crippen molar-refractivity contribution < 1.29 is 14.3 Å². The molecule has 37 heavy (non-hydrogen) atoms. The summed E-state index contributed by atoms with van der Waals surface area (Å²) >= 11 is 1.29. The lowest BCUT2D eigenvalue weighted by molar-refractivity contribution is 0.0930. The van der Waals surface area contributed by atoms with Crippen LogP contribution in [0, 0.1) is 6.92 Å². The second-order valence-electron chi connectivity index (χ2n) is 9.54. The lowest BCUT2D eigenvalue weighted by Gasteiger charge is -2.30. The number of hydrogen-bond donors (Lipinski definition) is 3. The first-order chi connectivity index (χ1) is 18.0. The number of hydrogen-bond acceptors (Lipinski definition) is 6. The molecule has 2 aliphatic rings. The van der Waals surface area contributed by atoms with Crippen LogP contribution in [-0.2, 0) is 0 Å². The molecule has 1 saturated carbocycles. The number of nitrogens with one attached hydrogen (secondary N) is 2. The van der Waals surface area contributed by atoms with Crippen LogP contribution in [0.2, 0.25) is 0 Å². The average molecular weight is 514 g/mol. The molecule has 4 aromatic rings. The molecule has 1 unspecified atom stereocenters. The molecule has 1 aliphatic heterocycles. The van der Waals surface area contributed by atoms with Gasteiger partial charge in [0.1, 0.15) is 21.2 Å². The highest BCUT2D eigenvalue weighted by molar-refractivity contribution is 7.21. The van der Waals surface area contributed by atoms with Crippen molar-refractivity contribution in [1.82, 2.24) is 10.3 Å². The number of benzene rings is 2. The molecule has 188 valence electrons. The van der Waals surface area contributed by atoms with Crippen molar-refractivity contribution in [3.63, 3.8) is 0 Å². The third-order valence-corrected chi connectivity index (χ3v) is 7.99. The van der Waals surface area contributed by atoms with Crippen LogP contribution in [0.25, 0.3) is 10.2 Å². The van der Waals surface area contributed by atoms with E-state index in [1.54, 1.807) is 11.1 Å². The van der Waals surface area contributed by atoms with E-state index in [1.165, 1.54) is 11.3 Å². The largest absolute Gasteiger partial charge is 0.457 e. The highest BCUT2D eigenvalue weighted by atomic mass is 32.1. The van der Waals surface area contributed by atoms with Crippen LogP contribution in [0.3, 0.4) is 0 Å². The van der Waals surface area contributed by atoms with Crippen molar-refractivity contribution >= 4 is 50.6 Å². The molecule has 0 radical (unpaired) electrons. The van der Waals surface area contributed by atoms with Gasteiger partial charge >= 0.3 is 6.03 Å². The minimum atomic E-state index is -0.327. The number of pyridine rings is 1. The second-order valence-corrected chi connectivity index (χ2v) is 10.5. The van der Waals surface area contributed by atoms with Gasteiger partial charge < -0.3 is 21.1 Å². The van der Waals surface area contributed by atoms with Crippen LogP contribution >= 0.6 is 11.3 Å². The van der Waals surface area contributed by atoms with Crippen molar-refractivity contribution in [3.8, 4) is 11.5 Å². The summed E-state index contributed by atoms with van der Waals surface area (Å²) in [5.74, 6) is 1.22. The molecule has 0 bridgehead atoms. The van der Waals surface area contributed by atoms with Gasteiger partial charge in [-0.25, -0.2) is 9.78 Å². The summed E-state index contributed by atoms with van der Waals surface area (Å²) in [6, 6.07) is 16.8. The third-order valence-electron chi connectivity index (χ3n) is 6.89. The van der Waals surface area contributed by atoms with Gasteiger partial charge in [0.2, 0.25) is 0 Å². The fourth-order valence-electron chi connectivity index (χ4n) is 5.16. The number of para-hydroxylation sites is 1. The Labute approximate surface area is 218 Å². The van der Waals surface area contributed by atoms with Crippen LogP contribution < -0.4 is 26.0 Å². The number of carbonyl (C=O) groups excluding carboxylic acids is 2. The van der Waals surface area contributed by atoms with Gasteiger partial charge in [-0.15, -0.1) is 11.3 Å². The minimum Gasteiger partial charge on any atom is -0.457 e. The Kier molecular flexibility index (Phi) is 6.02. The fraction of sp³-hybridized carbons (Fsp3) is 0.250. The Bertz CT molecular complexity index is 1500. The van der Waals surface area contributed by atoms with Crippen LogP contribution in [-0.4, -0.2) is 29.0 Å². The predicted molar refractivity (Wildman–Crippen MR) is 146 cm³/mol. The van der Waals surface area contributed by atoms with Crippen molar-refractivity contribution in [2.45, 2.75) is 44.7 Å². The number of carbonyl (C=O) groups is 2. The number of rotatable bonds is 5. The highest BCUT2D eigenvalue weighted by Gasteiger charge is 2.34. The summed E-state index contributed by atoms with van der Waals surface area (Å²) in [4.78, 5) is 34.0. The molecule has 1 fully saturated rings. The van der Waals surface area contributed by atoms with Crippen molar-refractivity contribution in [2.24, 2.45) is 5.73 Å². The maximum atomic E-state index is 13.5. The molecule has 3 heterocycles. The first-order valence-electron chi connectivity index (χ1n) is 12.4. The number of amides is 3. The molecule has 2 aromatic heterocycles. The van der Waals surface area contributed by atoms with Gasteiger partial charge in [0, 0.05) is 18.3 Å². The van der Waals surface area contributed by atoms with E-state index in [0.717, 1.165) is 48.1 Å². The lowest BCUT2D eigenvalue weighted by atomic mass is 9.91. The van der Waals surface area contributed by atoms with Gasteiger partial charge in [-0.1, -0.05) is 18.2 Å². The molecule has 8 nitrogen and oxygen atoms in total. The number of anilines is 3. The van der Waals surface area contributed by atoms with E-state index in [1.807, 2.05) is 61.5 Å². The Morgan fingerprint density at radius 1 is 1.14 bits per heavy atom. The fourth-order valence-corrected chi connectivity index (χ4v) is 6.18. The van der Waals surface area contributed by atoms with E-state index in [-0.39, 0.29) is 24.0 Å². The number of urea groups is 1. The van der Waals surface area contributed by atoms with Crippen LogP contribution in [0.5, 0.6) is 11.5 Å². The van der Waals surface area contributed by atoms with E-state index >= 15 is 0 Å². The van der Waals surface area contributed by atoms with Gasteiger partial charge in [0.25, 0.3) is 5.91 Å². The Balaban J connectivity index is 1.33. The van der Waals surface area contributed by atoms with E-state index < -0.39 is 0 Å². The molecule has 4 N–H and O–H groups in total. The first-order valence-corrected chi connectivity index (χ1v) is 13.2. The summed E-state index contributed by atoms with van der Waals surface area (Å²) < 4.78 is 5.96. The monoisotopic (exact) mass is 513 g/mol. The highest BCUT2D eigenvalue weighted by Crippen LogP contribution is 2.46.